The Bertz CT molecular complexity index is 481. The lowest BCUT2D eigenvalue weighted by Crippen LogP contribution is -2.41. The quantitative estimate of drug-likeness (QED) is 0.683. The molecule has 0 spiro atoms. The molecule has 0 radical (unpaired) electrons. The molecule has 0 unspecified atom stereocenters. The lowest BCUT2D eigenvalue weighted by Gasteiger charge is -2.27. The number of ether oxygens (including phenoxy) is 1. The van der Waals surface area contributed by atoms with Gasteiger partial charge in [0.25, 0.3) is 5.91 Å². The van der Waals surface area contributed by atoms with Crippen LogP contribution in [0.5, 0.6) is 5.75 Å². The van der Waals surface area contributed by atoms with Gasteiger partial charge in [-0.3, -0.25) is 4.79 Å². The summed E-state index contributed by atoms with van der Waals surface area (Å²) in [7, 11) is 0. The van der Waals surface area contributed by atoms with Crippen molar-refractivity contribution in [3.8, 4) is 5.75 Å². The number of benzene rings is 1. The first-order chi connectivity index (χ1) is 9.19. The summed E-state index contributed by atoms with van der Waals surface area (Å²) in [6, 6.07) is 6.94. The number of rotatable bonds is 3. The van der Waals surface area contributed by atoms with Gasteiger partial charge in [0.1, 0.15) is 5.75 Å². The third-order valence-electron chi connectivity index (χ3n) is 2.99. The Morgan fingerprint density at radius 3 is 2.79 bits per heavy atom. The van der Waals surface area contributed by atoms with Gasteiger partial charge in [0.05, 0.1) is 5.71 Å². The van der Waals surface area contributed by atoms with E-state index in [-0.39, 0.29) is 12.5 Å². The van der Waals surface area contributed by atoms with E-state index in [9.17, 15) is 4.79 Å². The number of piperidine rings is 1. The summed E-state index contributed by atoms with van der Waals surface area (Å²) in [6.45, 7) is 1.13. The zero-order valence-corrected chi connectivity index (χ0v) is 11.1. The van der Waals surface area contributed by atoms with Crippen LogP contribution in [-0.4, -0.2) is 41.4 Å². The molecule has 1 amide bonds. The molecule has 1 aromatic carbocycles. The molecule has 1 aromatic rings. The molecule has 19 heavy (non-hydrogen) atoms. The molecule has 1 heterocycles. The number of likely N-dealkylation sites (tertiary alicyclic amines) is 1. The fourth-order valence-electron chi connectivity index (χ4n) is 1.91. The van der Waals surface area contributed by atoms with Crippen LogP contribution in [-0.2, 0) is 4.79 Å². The van der Waals surface area contributed by atoms with Crippen molar-refractivity contribution in [3.63, 3.8) is 0 Å². The van der Waals surface area contributed by atoms with E-state index >= 15 is 0 Å². The maximum atomic E-state index is 11.9. The number of hydrogen-bond acceptors (Lipinski definition) is 4. The van der Waals surface area contributed by atoms with Crippen molar-refractivity contribution in [2.24, 2.45) is 5.16 Å². The minimum atomic E-state index is -0.0723. The monoisotopic (exact) mass is 282 g/mol. The molecule has 0 aliphatic carbocycles. The first-order valence-electron chi connectivity index (χ1n) is 6.05. The van der Waals surface area contributed by atoms with Crippen LogP contribution in [0.3, 0.4) is 0 Å². The Morgan fingerprint density at radius 1 is 1.42 bits per heavy atom. The van der Waals surface area contributed by atoms with E-state index < -0.39 is 0 Å². The second-order valence-corrected chi connectivity index (χ2v) is 4.73. The summed E-state index contributed by atoms with van der Waals surface area (Å²) >= 11 is 5.83. The van der Waals surface area contributed by atoms with Crippen molar-refractivity contribution in [3.05, 3.63) is 29.3 Å². The molecule has 1 fully saturated rings. The Hall–Kier alpha value is -1.75. The number of oxime groups is 1. The van der Waals surface area contributed by atoms with Gasteiger partial charge >= 0.3 is 0 Å². The number of carbonyl (C=O) groups is 1. The molecule has 5 nitrogen and oxygen atoms in total. The predicted molar refractivity (Wildman–Crippen MR) is 72.0 cm³/mol. The van der Waals surface area contributed by atoms with E-state index in [1.54, 1.807) is 29.2 Å². The number of amides is 1. The Kier molecular flexibility index (Phi) is 4.63. The van der Waals surface area contributed by atoms with Gasteiger partial charge in [-0.1, -0.05) is 22.8 Å². The average molecular weight is 283 g/mol. The van der Waals surface area contributed by atoms with Gasteiger partial charge in [0, 0.05) is 31.0 Å². The summed E-state index contributed by atoms with van der Waals surface area (Å²) in [5, 5.41) is 12.4. The van der Waals surface area contributed by atoms with Crippen LogP contribution in [0.4, 0.5) is 0 Å². The third kappa shape index (κ3) is 3.86. The van der Waals surface area contributed by atoms with E-state index in [4.69, 9.17) is 21.5 Å². The van der Waals surface area contributed by atoms with E-state index in [2.05, 4.69) is 5.16 Å². The molecular formula is C13H15ClN2O3. The molecule has 1 aliphatic heterocycles. The summed E-state index contributed by atoms with van der Waals surface area (Å²) < 4.78 is 5.40. The maximum Gasteiger partial charge on any atom is 0.260 e. The Morgan fingerprint density at radius 2 is 2.16 bits per heavy atom. The topological polar surface area (TPSA) is 62.1 Å². The SMILES string of the molecule is O=C(COc1cccc(Cl)c1)N1CCC(=NO)CC1. The van der Waals surface area contributed by atoms with Crippen molar-refractivity contribution in [2.75, 3.05) is 19.7 Å². The summed E-state index contributed by atoms with van der Waals surface area (Å²) in [4.78, 5) is 13.6. The van der Waals surface area contributed by atoms with Crippen molar-refractivity contribution < 1.29 is 14.7 Å². The molecule has 1 aliphatic rings. The van der Waals surface area contributed by atoms with Gasteiger partial charge in [-0.15, -0.1) is 0 Å². The smallest absolute Gasteiger partial charge is 0.260 e. The number of carbonyl (C=O) groups excluding carboxylic acids is 1. The fraction of sp³-hybridized carbons (Fsp3) is 0.385. The van der Waals surface area contributed by atoms with Crippen molar-refractivity contribution in [1.82, 2.24) is 4.90 Å². The first kappa shape index (κ1) is 13.7. The zero-order valence-electron chi connectivity index (χ0n) is 10.4. The van der Waals surface area contributed by atoms with Gasteiger partial charge in [-0.05, 0) is 18.2 Å². The second-order valence-electron chi connectivity index (χ2n) is 4.29. The number of halogens is 1. The molecule has 0 aromatic heterocycles. The molecule has 0 bridgehead atoms. The van der Waals surface area contributed by atoms with Crippen LogP contribution in [0.15, 0.2) is 29.4 Å². The highest BCUT2D eigenvalue weighted by Crippen LogP contribution is 2.17. The maximum absolute atomic E-state index is 11.9. The summed E-state index contributed by atoms with van der Waals surface area (Å²) in [6.07, 6.45) is 1.22. The first-order valence-corrected chi connectivity index (χ1v) is 6.43. The van der Waals surface area contributed by atoms with Gasteiger partial charge in [-0.25, -0.2) is 0 Å². The zero-order chi connectivity index (χ0) is 13.7. The molecule has 2 rings (SSSR count). The molecular weight excluding hydrogens is 268 g/mol. The van der Waals surface area contributed by atoms with Gasteiger partial charge in [-0.2, -0.15) is 0 Å². The van der Waals surface area contributed by atoms with Crippen LogP contribution in [0, 0.1) is 0 Å². The molecule has 0 saturated carbocycles. The van der Waals surface area contributed by atoms with E-state index in [0.717, 1.165) is 5.71 Å². The molecule has 0 atom stereocenters. The van der Waals surface area contributed by atoms with Crippen LogP contribution in [0.1, 0.15) is 12.8 Å². The highest BCUT2D eigenvalue weighted by Gasteiger charge is 2.20. The fourth-order valence-corrected chi connectivity index (χ4v) is 2.09. The van der Waals surface area contributed by atoms with Crippen molar-refractivity contribution >= 4 is 23.2 Å². The lowest BCUT2D eigenvalue weighted by molar-refractivity contribution is -0.133. The largest absolute Gasteiger partial charge is 0.484 e. The predicted octanol–water partition coefficient (Wildman–Crippen LogP) is 2.17. The number of hydrogen-bond donors (Lipinski definition) is 1. The van der Waals surface area contributed by atoms with Crippen LogP contribution in [0.25, 0.3) is 0 Å². The normalized spacial score (nSPS) is 15.2. The van der Waals surface area contributed by atoms with Gasteiger partial charge in [0.15, 0.2) is 6.61 Å². The second kappa shape index (κ2) is 6.43. The Balaban J connectivity index is 1.82. The Labute approximate surface area is 116 Å². The van der Waals surface area contributed by atoms with Crippen LogP contribution < -0.4 is 4.74 Å². The third-order valence-corrected chi connectivity index (χ3v) is 3.23. The van der Waals surface area contributed by atoms with E-state index in [1.165, 1.54) is 0 Å². The summed E-state index contributed by atoms with van der Waals surface area (Å²) in [5.41, 5.74) is 0.736. The standard InChI is InChI=1S/C13H15ClN2O3/c14-10-2-1-3-12(8-10)19-9-13(17)16-6-4-11(15-18)5-7-16/h1-3,8,18H,4-7,9H2. The average Bonchev–Trinajstić information content (AvgIpc) is 2.45. The molecule has 1 saturated heterocycles. The van der Waals surface area contributed by atoms with Gasteiger partial charge < -0.3 is 14.8 Å². The van der Waals surface area contributed by atoms with E-state index in [1.807, 2.05) is 0 Å². The van der Waals surface area contributed by atoms with Crippen LogP contribution >= 0.6 is 11.6 Å². The van der Waals surface area contributed by atoms with Gasteiger partial charge in [0.2, 0.25) is 0 Å². The van der Waals surface area contributed by atoms with Crippen LogP contribution in [0.2, 0.25) is 5.02 Å². The number of nitrogens with zero attached hydrogens (tertiary/aromatic N) is 2. The van der Waals surface area contributed by atoms with Crippen molar-refractivity contribution in [2.45, 2.75) is 12.8 Å². The minimum absolute atomic E-state index is 0.00799. The minimum Gasteiger partial charge on any atom is -0.484 e. The lowest BCUT2D eigenvalue weighted by atomic mass is 10.1. The molecule has 6 heteroatoms. The molecule has 1 N–H and O–H groups in total. The van der Waals surface area contributed by atoms with E-state index in [0.29, 0.717) is 36.7 Å². The summed E-state index contributed by atoms with van der Waals surface area (Å²) in [5.74, 6) is 0.507. The highest BCUT2D eigenvalue weighted by molar-refractivity contribution is 6.30. The highest BCUT2D eigenvalue weighted by atomic mass is 35.5. The van der Waals surface area contributed by atoms with Crippen molar-refractivity contribution in [1.29, 1.82) is 0 Å². The molecule has 102 valence electrons.